The molecule has 0 saturated carbocycles. The van der Waals surface area contributed by atoms with E-state index < -0.39 is 0 Å². The van der Waals surface area contributed by atoms with Gasteiger partial charge in [0.05, 0.1) is 13.2 Å². The van der Waals surface area contributed by atoms with Crippen LogP contribution in [0.2, 0.25) is 0 Å². The van der Waals surface area contributed by atoms with Gasteiger partial charge < -0.3 is 15.2 Å². The van der Waals surface area contributed by atoms with Crippen molar-refractivity contribution in [3.8, 4) is 5.75 Å². The third kappa shape index (κ3) is 4.64. The van der Waals surface area contributed by atoms with Crippen molar-refractivity contribution in [1.82, 2.24) is 5.32 Å². The molecule has 2 N–H and O–H groups in total. The Labute approximate surface area is 97.4 Å². The molecule has 90 valence electrons. The van der Waals surface area contributed by atoms with Gasteiger partial charge in [-0.1, -0.05) is 25.5 Å². The van der Waals surface area contributed by atoms with E-state index in [0.29, 0.717) is 6.54 Å². The van der Waals surface area contributed by atoms with E-state index in [2.05, 4.69) is 12.2 Å². The van der Waals surface area contributed by atoms with Crippen LogP contribution in [0.5, 0.6) is 5.75 Å². The molecule has 1 aromatic rings. The fourth-order valence-electron chi connectivity index (χ4n) is 1.56. The molecule has 0 radical (unpaired) electrons. The maximum Gasteiger partial charge on any atom is 0.118 e. The third-order valence-corrected chi connectivity index (χ3v) is 2.49. The summed E-state index contributed by atoms with van der Waals surface area (Å²) in [6, 6.07) is 7.94. The maximum atomic E-state index is 9.53. The van der Waals surface area contributed by atoms with Gasteiger partial charge in [0.25, 0.3) is 0 Å². The number of rotatable bonds is 7. The Bertz CT molecular complexity index is 284. The zero-order chi connectivity index (χ0) is 11.8. The van der Waals surface area contributed by atoms with Crippen molar-refractivity contribution in [2.45, 2.75) is 32.4 Å². The van der Waals surface area contributed by atoms with Crippen LogP contribution in [0.1, 0.15) is 25.3 Å². The first-order chi connectivity index (χ1) is 7.76. The zero-order valence-electron chi connectivity index (χ0n) is 10.1. The van der Waals surface area contributed by atoms with Crippen LogP contribution in [0.3, 0.4) is 0 Å². The van der Waals surface area contributed by atoms with Gasteiger partial charge >= 0.3 is 0 Å². The third-order valence-electron chi connectivity index (χ3n) is 2.49. The Hall–Kier alpha value is -1.06. The molecule has 0 aromatic heterocycles. The van der Waals surface area contributed by atoms with E-state index in [9.17, 15) is 5.11 Å². The molecule has 0 fully saturated rings. The summed E-state index contributed by atoms with van der Waals surface area (Å²) in [6.07, 6.45) is 1.64. The number of aliphatic hydroxyl groups is 1. The van der Waals surface area contributed by atoms with Crippen LogP contribution in [0, 0.1) is 0 Å². The first-order valence-corrected chi connectivity index (χ1v) is 5.78. The van der Waals surface area contributed by atoms with Crippen LogP contribution in [0.25, 0.3) is 0 Å². The summed E-state index contributed by atoms with van der Waals surface area (Å²) < 4.78 is 5.08. The number of nitrogens with one attached hydrogen (secondary N) is 1. The average molecular weight is 223 g/mol. The average Bonchev–Trinajstić information content (AvgIpc) is 2.30. The van der Waals surface area contributed by atoms with Gasteiger partial charge in [-0.3, -0.25) is 0 Å². The Kier molecular flexibility index (Phi) is 5.90. The molecule has 0 saturated heterocycles. The van der Waals surface area contributed by atoms with Crippen molar-refractivity contribution >= 4 is 0 Å². The van der Waals surface area contributed by atoms with Gasteiger partial charge in [-0.25, -0.2) is 0 Å². The summed E-state index contributed by atoms with van der Waals surface area (Å²) in [4.78, 5) is 0. The van der Waals surface area contributed by atoms with Gasteiger partial charge in [-0.2, -0.15) is 0 Å². The fourth-order valence-corrected chi connectivity index (χ4v) is 1.56. The topological polar surface area (TPSA) is 41.5 Å². The normalized spacial score (nSPS) is 12.4. The molecular weight excluding hydrogens is 202 g/mol. The number of hydrogen-bond acceptors (Lipinski definition) is 3. The summed E-state index contributed by atoms with van der Waals surface area (Å²) in [5.74, 6) is 0.870. The zero-order valence-corrected chi connectivity index (χ0v) is 10.1. The monoisotopic (exact) mass is 223 g/mol. The summed E-state index contributed by atoms with van der Waals surface area (Å²) in [6.45, 7) is 3.51. The quantitative estimate of drug-likeness (QED) is 0.742. The van der Waals surface area contributed by atoms with E-state index in [1.165, 1.54) is 5.56 Å². The van der Waals surface area contributed by atoms with Gasteiger partial charge in [0.1, 0.15) is 5.75 Å². The Balaban J connectivity index is 2.26. The summed E-state index contributed by atoms with van der Waals surface area (Å²) in [7, 11) is 1.66. The molecule has 16 heavy (non-hydrogen) atoms. The van der Waals surface area contributed by atoms with Crippen LogP contribution >= 0.6 is 0 Å². The van der Waals surface area contributed by atoms with E-state index in [1.807, 2.05) is 24.3 Å². The lowest BCUT2D eigenvalue weighted by molar-refractivity contribution is 0.160. The Morgan fingerprint density at radius 2 is 2.00 bits per heavy atom. The molecule has 0 aliphatic carbocycles. The highest BCUT2D eigenvalue weighted by atomic mass is 16.5. The van der Waals surface area contributed by atoms with Crippen LogP contribution in [0.15, 0.2) is 24.3 Å². The number of aliphatic hydroxyl groups excluding tert-OH is 1. The summed E-state index contributed by atoms with van der Waals surface area (Å²) in [5, 5.41) is 12.8. The minimum absolute atomic E-state index is 0.233. The number of benzene rings is 1. The van der Waals surface area contributed by atoms with Crippen LogP contribution in [-0.2, 0) is 6.54 Å². The lowest BCUT2D eigenvalue weighted by Crippen LogP contribution is -2.26. The van der Waals surface area contributed by atoms with Crippen LogP contribution < -0.4 is 10.1 Å². The van der Waals surface area contributed by atoms with Crippen molar-refractivity contribution in [2.24, 2.45) is 0 Å². The standard InChI is InChI=1S/C13H21NO2/c1-3-4-12(15)10-14-9-11-5-7-13(16-2)8-6-11/h5-8,12,14-15H,3-4,9-10H2,1-2H3. The molecule has 1 aromatic carbocycles. The van der Waals surface area contributed by atoms with E-state index in [1.54, 1.807) is 7.11 Å². The van der Waals surface area contributed by atoms with Gasteiger partial charge in [0.2, 0.25) is 0 Å². The molecule has 1 unspecified atom stereocenters. The highest BCUT2D eigenvalue weighted by molar-refractivity contribution is 5.26. The van der Waals surface area contributed by atoms with Crippen LogP contribution in [0.4, 0.5) is 0 Å². The molecule has 1 atom stereocenters. The van der Waals surface area contributed by atoms with Crippen molar-refractivity contribution in [3.05, 3.63) is 29.8 Å². The van der Waals surface area contributed by atoms with Gasteiger partial charge in [0, 0.05) is 13.1 Å². The van der Waals surface area contributed by atoms with Gasteiger partial charge in [-0.05, 0) is 24.1 Å². The number of hydrogen-bond donors (Lipinski definition) is 2. The van der Waals surface area contributed by atoms with Gasteiger partial charge in [-0.15, -0.1) is 0 Å². The molecule has 0 aliphatic heterocycles. The molecule has 3 nitrogen and oxygen atoms in total. The Morgan fingerprint density at radius 1 is 1.31 bits per heavy atom. The van der Waals surface area contributed by atoms with Crippen molar-refractivity contribution in [3.63, 3.8) is 0 Å². The molecule has 0 bridgehead atoms. The molecule has 3 heteroatoms. The SMILES string of the molecule is CCCC(O)CNCc1ccc(OC)cc1. The highest BCUT2D eigenvalue weighted by Gasteiger charge is 2.01. The predicted molar refractivity (Wildman–Crippen MR) is 65.6 cm³/mol. The second-order valence-electron chi connectivity index (χ2n) is 3.92. The molecule has 0 heterocycles. The van der Waals surface area contributed by atoms with E-state index in [4.69, 9.17) is 4.74 Å². The lowest BCUT2D eigenvalue weighted by Gasteiger charge is -2.10. The fraction of sp³-hybridized carbons (Fsp3) is 0.538. The first-order valence-electron chi connectivity index (χ1n) is 5.78. The maximum absolute atomic E-state index is 9.53. The van der Waals surface area contributed by atoms with Crippen LogP contribution in [-0.4, -0.2) is 24.9 Å². The minimum Gasteiger partial charge on any atom is -0.497 e. The molecule has 0 aliphatic rings. The highest BCUT2D eigenvalue weighted by Crippen LogP contribution is 2.10. The molecule has 1 rings (SSSR count). The molecular formula is C13H21NO2. The summed E-state index contributed by atoms with van der Waals surface area (Å²) >= 11 is 0. The smallest absolute Gasteiger partial charge is 0.118 e. The second kappa shape index (κ2) is 7.25. The van der Waals surface area contributed by atoms with Crippen molar-refractivity contribution in [1.29, 1.82) is 0 Å². The largest absolute Gasteiger partial charge is 0.497 e. The lowest BCUT2D eigenvalue weighted by atomic mass is 10.2. The minimum atomic E-state index is -0.233. The van der Waals surface area contributed by atoms with Crippen molar-refractivity contribution in [2.75, 3.05) is 13.7 Å². The van der Waals surface area contributed by atoms with E-state index >= 15 is 0 Å². The Morgan fingerprint density at radius 3 is 2.56 bits per heavy atom. The summed E-state index contributed by atoms with van der Waals surface area (Å²) in [5.41, 5.74) is 1.20. The number of ether oxygens (including phenoxy) is 1. The van der Waals surface area contributed by atoms with E-state index in [-0.39, 0.29) is 6.10 Å². The second-order valence-corrected chi connectivity index (χ2v) is 3.92. The molecule has 0 spiro atoms. The molecule has 0 amide bonds. The van der Waals surface area contributed by atoms with Crippen molar-refractivity contribution < 1.29 is 9.84 Å². The first kappa shape index (κ1) is 13.0. The predicted octanol–water partition coefficient (Wildman–Crippen LogP) is 1.95. The van der Waals surface area contributed by atoms with E-state index in [0.717, 1.165) is 25.1 Å². The van der Waals surface area contributed by atoms with Gasteiger partial charge in [0.15, 0.2) is 0 Å². The number of methoxy groups -OCH3 is 1.